The van der Waals surface area contributed by atoms with Gasteiger partial charge in [0, 0.05) is 56.3 Å². The molecule has 9 aromatic carbocycles. The van der Waals surface area contributed by atoms with Crippen molar-refractivity contribution in [3.8, 4) is 34.1 Å². The first-order chi connectivity index (χ1) is 38.0. The molecule has 0 saturated carbocycles. The second-order valence-corrected chi connectivity index (χ2v) is 22.5. The van der Waals surface area contributed by atoms with Gasteiger partial charge in [-0.05, 0) is 129 Å². The molecule has 6 aromatic heterocycles. The van der Waals surface area contributed by atoms with Gasteiger partial charge in [0.15, 0.2) is 0 Å². The molecule has 15 aromatic rings. The van der Waals surface area contributed by atoms with E-state index in [9.17, 15) is 0 Å². The molecule has 0 fully saturated rings. The van der Waals surface area contributed by atoms with Gasteiger partial charge in [0.1, 0.15) is 11.6 Å². The minimum atomic E-state index is 0. The van der Waals surface area contributed by atoms with Crippen LogP contribution < -0.4 is 0 Å². The summed E-state index contributed by atoms with van der Waals surface area (Å²) in [6.07, 6.45) is 3.84. The molecule has 0 aliphatic carbocycles. The number of pyridine rings is 2. The van der Waals surface area contributed by atoms with Crippen LogP contribution in [0.3, 0.4) is 0 Å². The van der Waals surface area contributed by atoms with Crippen LogP contribution in [0.15, 0.2) is 231 Å². The fourth-order valence-corrected chi connectivity index (χ4v) is 11.9. The molecule has 0 aliphatic heterocycles. The Morgan fingerprint density at radius 1 is 0.342 bits per heavy atom. The van der Waals surface area contributed by atoms with Crippen molar-refractivity contribution in [2.45, 2.75) is 52.4 Å². The van der Waals surface area contributed by atoms with E-state index in [1.165, 1.54) is 93.1 Å². The minimum Gasteiger partial charge on any atom is -0.319 e. The predicted molar refractivity (Wildman–Crippen MR) is 326 cm³/mol. The molecule has 0 bridgehead atoms. The molecule has 0 saturated heterocycles. The fraction of sp³-hybridized carbons (Fsp3) is 0.111. The molecule has 0 amide bonds. The Labute approximate surface area is 474 Å². The third-order valence-electron chi connectivity index (χ3n) is 15.7. The quantitative estimate of drug-likeness (QED) is 0.161. The largest absolute Gasteiger partial charge is 2.00 e. The maximum atomic E-state index is 4.82. The molecule has 0 aliphatic rings. The van der Waals surface area contributed by atoms with Crippen molar-refractivity contribution < 1.29 is 21.1 Å². The number of para-hydroxylation sites is 6. The van der Waals surface area contributed by atoms with Crippen LogP contribution in [0.1, 0.15) is 52.7 Å². The van der Waals surface area contributed by atoms with Gasteiger partial charge in [-0.15, -0.1) is 10.8 Å². The van der Waals surface area contributed by atoms with Gasteiger partial charge in [-0.25, -0.2) is 9.97 Å². The molecule has 0 unspecified atom stereocenters. The van der Waals surface area contributed by atoms with Crippen molar-refractivity contribution in [3.63, 3.8) is 0 Å². The minimum absolute atomic E-state index is 0. The van der Waals surface area contributed by atoms with Gasteiger partial charge < -0.3 is 18.3 Å². The standard InChI is InChI=1S/C39H30N3.C33H26N3.Pt/c1-39(2,3)27-22-23-40-37(25-27)42-33-17-9-7-14-30(33)32-24-26(20-21-35(32)42)29-16-11-19-36-38(29)31-15-8-10-18-34(31)41(36)28-12-5-4-6-13-28;1-33(2,3)22-18-19-34-32(20-22)36-30-15-9-6-12-26(30)27-21-23(16-17-31(27)36)35-28-13-7-4-10-24(28)25-11-5-8-14-29(25)35;/h4-16,18-25H,1-3H3;4-14,16-21H,1-3H3;/q2*-1;+2. The van der Waals surface area contributed by atoms with Crippen LogP contribution in [-0.4, -0.2) is 28.2 Å². The molecular weight excluding hydrogens is 1140 g/mol. The molecule has 384 valence electrons. The van der Waals surface area contributed by atoms with E-state index in [0.717, 1.165) is 39.4 Å². The molecule has 0 radical (unpaired) electrons. The van der Waals surface area contributed by atoms with Gasteiger partial charge in [0.25, 0.3) is 0 Å². The second kappa shape index (κ2) is 19.3. The summed E-state index contributed by atoms with van der Waals surface area (Å²) in [4.78, 5) is 9.61. The van der Waals surface area contributed by atoms with Crippen molar-refractivity contribution in [1.82, 2.24) is 28.2 Å². The number of benzene rings is 9. The van der Waals surface area contributed by atoms with Crippen molar-refractivity contribution >= 4 is 87.2 Å². The van der Waals surface area contributed by atoms with E-state index >= 15 is 0 Å². The number of aromatic nitrogens is 6. The second-order valence-electron chi connectivity index (χ2n) is 22.5. The fourth-order valence-electron chi connectivity index (χ4n) is 11.9. The van der Waals surface area contributed by atoms with Crippen LogP contribution in [0.25, 0.3) is 121 Å². The van der Waals surface area contributed by atoms with E-state index in [1.54, 1.807) is 0 Å². The Balaban J connectivity index is 0.000000150. The number of nitrogens with zero attached hydrogens (tertiary/aromatic N) is 6. The molecule has 0 atom stereocenters. The molecule has 79 heavy (non-hydrogen) atoms. The Hall–Kier alpha value is -8.83. The summed E-state index contributed by atoms with van der Waals surface area (Å²) in [5.74, 6) is 1.85. The average molecular weight is 1200 g/mol. The predicted octanol–water partition coefficient (Wildman–Crippen LogP) is 18.4. The normalized spacial score (nSPS) is 12.1. The van der Waals surface area contributed by atoms with Crippen molar-refractivity contribution in [2.75, 3.05) is 0 Å². The summed E-state index contributed by atoms with van der Waals surface area (Å²) in [7, 11) is 0. The molecule has 15 rings (SSSR count). The van der Waals surface area contributed by atoms with E-state index in [-0.39, 0.29) is 31.9 Å². The monoisotopic (exact) mass is 1200 g/mol. The Morgan fingerprint density at radius 2 is 0.797 bits per heavy atom. The molecule has 0 N–H and O–H groups in total. The Kier molecular flexibility index (Phi) is 12.1. The summed E-state index contributed by atoms with van der Waals surface area (Å²) in [6, 6.07) is 85.1. The first-order valence-corrected chi connectivity index (χ1v) is 26.9. The SMILES string of the molecule is CC(C)(C)c1ccnc(-n2c3[c-]cccc3c3cc(-c4cccc5c4c4ccccc4n5-c4ccccc4)ccc32)c1.CC(C)(C)c1ccnc(-n2c3[c-]cccc3c3cc(-n4c5ccccc5c5ccccc54)ccc32)c1.[Pt+2]. The van der Waals surface area contributed by atoms with Crippen LogP contribution in [0.4, 0.5) is 0 Å². The summed E-state index contributed by atoms with van der Waals surface area (Å²) in [6.45, 7) is 13.4. The van der Waals surface area contributed by atoms with Crippen LogP contribution in [-0.2, 0) is 31.9 Å². The third kappa shape index (κ3) is 8.28. The van der Waals surface area contributed by atoms with E-state index < -0.39 is 0 Å². The van der Waals surface area contributed by atoms with E-state index in [2.05, 4.69) is 278 Å². The van der Waals surface area contributed by atoms with Crippen molar-refractivity contribution in [2.24, 2.45) is 0 Å². The topological polar surface area (TPSA) is 45.5 Å². The van der Waals surface area contributed by atoms with Crippen LogP contribution in [0.5, 0.6) is 0 Å². The molecule has 6 nitrogen and oxygen atoms in total. The number of rotatable bonds is 5. The van der Waals surface area contributed by atoms with E-state index in [1.807, 2.05) is 24.5 Å². The maximum Gasteiger partial charge on any atom is 2.00 e. The van der Waals surface area contributed by atoms with Crippen LogP contribution in [0.2, 0.25) is 0 Å². The maximum absolute atomic E-state index is 4.82. The third-order valence-corrected chi connectivity index (χ3v) is 15.7. The zero-order valence-electron chi connectivity index (χ0n) is 44.9. The van der Waals surface area contributed by atoms with Gasteiger partial charge in [-0.1, -0.05) is 150 Å². The molecular formula is C72H56N6Pt. The number of hydrogen-bond acceptors (Lipinski definition) is 2. The number of hydrogen-bond donors (Lipinski definition) is 0. The molecule has 6 heterocycles. The zero-order chi connectivity index (χ0) is 52.9. The summed E-state index contributed by atoms with van der Waals surface area (Å²) >= 11 is 0. The summed E-state index contributed by atoms with van der Waals surface area (Å²) < 4.78 is 9.25. The van der Waals surface area contributed by atoms with E-state index in [4.69, 9.17) is 9.97 Å². The van der Waals surface area contributed by atoms with Gasteiger partial charge in [-0.2, -0.15) is 48.5 Å². The van der Waals surface area contributed by atoms with Crippen LogP contribution >= 0.6 is 0 Å². The van der Waals surface area contributed by atoms with Gasteiger partial charge >= 0.3 is 21.1 Å². The molecule has 0 spiro atoms. The Bertz CT molecular complexity index is 4770. The van der Waals surface area contributed by atoms with Gasteiger partial charge in [0.05, 0.1) is 22.1 Å². The summed E-state index contributed by atoms with van der Waals surface area (Å²) in [5, 5.41) is 9.82. The zero-order valence-corrected chi connectivity index (χ0v) is 47.2. The first-order valence-electron chi connectivity index (χ1n) is 26.9. The van der Waals surface area contributed by atoms with E-state index in [0.29, 0.717) is 0 Å². The van der Waals surface area contributed by atoms with Crippen molar-refractivity contribution in [1.29, 1.82) is 0 Å². The first kappa shape index (κ1) is 49.7. The summed E-state index contributed by atoms with van der Waals surface area (Å²) in [5.41, 5.74) is 16.6. The average Bonchev–Trinajstić information content (AvgIpc) is 4.38. The number of fused-ring (bicyclic) bond motifs is 12. The van der Waals surface area contributed by atoms with Crippen LogP contribution in [0, 0.1) is 12.1 Å². The van der Waals surface area contributed by atoms with Gasteiger partial charge in [-0.3, -0.25) is 0 Å². The Morgan fingerprint density at radius 3 is 1.37 bits per heavy atom. The van der Waals surface area contributed by atoms with Crippen molar-refractivity contribution in [3.05, 3.63) is 254 Å². The smallest absolute Gasteiger partial charge is 0.319 e. The van der Waals surface area contributed by atoms with Gasteiger partial charge in [0.2, 0.25) is 0 Å². The molecule has 7 heteroatoms.